The van der Waals surface area contributed by atoms with Crippen LogP contribution in [0, 0.1) is 0 Å². The third-order valence-electron chi connectivity index (χ3n) is 5.97. The molecule has 2 saturated heterocycles. The predicted octanol–water partition coefficient (Wildman–Crippen LogP) is 2.10. The Labute approximate surface area is 152 Å². The SMILES string of the molecule is CN1C(=O)CC(c2ccccc2)C12CCN(C(=O)c1cnccn1)CC2. The highest BCUT2D eigenvalue weighted by Crippen LogP contribution is 2.48. The Morgan fingerprint density at radius 3 is 2.54 bits per heavy atom. The zero-order valence-corrected chi connectivity index (χ0v) is 14.8. The van der Waals surface area contributed by atoms with E-state index in [-0.39, 0.29) is 23.3 Å². The lowest BCUT2D eigenvalue weighted by Crippen LogP contribution is -2.55. The third-order valence-corrected chi connectivity index (χ3v) is 5.97. The zero-order valence-electron chi connectivity index (χ0n) is 14.8. The van der Waals surface area contributed by atoms with Gasteiger partial charge in [0, 0.05) is 44.9 Å². The summed E-state index contributed by atoms with van der Waals surface area (Å²) in [7, 11) is 1.91. The number of carbonyl (C=O) groups is 2. The van der Waals surface area contributed by atoms with Crippen molar-refractivity contribution in [3.05, 3.63) is 60.2 Å². The smallest absolute Gasteiger partial charge is 0.274 e. The minimum Gasteiger partial charge on any atom is -0.339 e. The molecule has 2 aliphatic rings. The fourth-order valence-corrected chi connectivity index (χ4v) is 4.45. The number of nitrogens with zero attached hydrogens (tertiary/aromatic N) is 4. The van der Waals surface area contributed by atoms with Crippen molar-refractivity contribution in [3.8, 4) is 0 Å². The Morgan fingerprint density at radius 2 is 1.88 bits per heavy atom. The van der Waals surface area contributed by atoms with E-state index in [1.54, 1.807) is 6.20 Å². The molecule has 1 unspecified atom stereocenters. The van der Waals surface area contributed by atoms with Crippen molar-refractivity contribution in [2.45, 2.75) is 30.7 Å². The maximum absolute atomic E-state index is 12.6. The van der Waals surface area contributed by atoms with Gasteiger partial charge in [-0.25, -0.2) is 4.98 Å². The van der Waals surface area contributed by atoms with Crippen LogP contribution in [-0.2, 0) is 4.79 Å². The molecule has 2 fully saturated rings. The van der Waals surface area contributed by atoms with Crippen molar-refractivity contribution in [2.24, 2.45) is 0 Å². The lowest BCUT2D eigenvalue weighted by Gasteiger charge is -2.46. The molecule has 1 aromatic heterocycles. The van der Waals surface area contributed by atoms with E-state index in [1.165, 1.54) is 18.0 Å². The number of amides is 2. The van der Waals surface area contributed by atoms with Gasteiger partial charge in [0.2, 0.25) is 5.91 Å². The first-order valence-electron chi connectivity index (χ1n) is 8.99. The summed E-state index contributed by atoms with van der Waals surface area (Å²) in [6.07, 6.45) is 6.70. The van der Waals surface area contributed by atoms with Crippen LogP contribution in [0.2, 0.25) is 0 Å². The summed E-state index contributed by atoms with van der Waals surface area (Å²) < 4.78 is 0. The van der Waals surface area contributed by atoms with Gasteiger partial charge >= 0.3 is 0 Å². The normalized spacial score (nSPS) is 22.0. The first-order chi connectivity index (χ1) is 12.6. The molecule has 1 spiro atoms. The average Bonchev–Trinajstić information content (AvgIpc) is 2.94. The standard InChI is InChI=1S/C20H22N4O2/c1-23-18(25)13-16(15-5-3-2-4-6-15)20(23)7-11-24(12-8-20)19(26)17-14-21-9-10-22-17/h2-6,9-10,14,16H,7-8,11-13H2,1H3. The zero-order chi connectivity index (χ0) is 18.1. The number of carbonyl (C=O) groups excluding carboxylic acids is 2. The molecule has 0 aliphatic carbocycles. The van der Waals surface area contributed by atoms with Crippen LogP contribution >= 0.6 is 0 Å². The van der Waals surface area contributed by atoms with Gasteiger partial charge in [-0.05, 0) is 18.4 Å². The van der Waals surface area contributed by atoms with Crippen LogP contribution in [0.3, 0.4) is 0 Å². The molecule has 0 bridgehead atoms. The summed E-state index contributed by atoms with van der Waals surface area (Å²) >= 11 is 0. The maximum Gasteiger partial charge on any atom is 0.274 e. The lowest BCUT2D eigenvalue weighted by atomic mass is 9.73. The van der Waals surface area contributed by atoms with Gasteiger partial charge in [0.25, 0.3) is 5.91 Å². The monoisotopic (exact) mass is 350 g/mol. The predicted molar refractivity (Wildman–Crippen MR) is 96.5 cm³/mol. The third kappa shape index (κ3) is 2.66. The molecule has 2 aromatic rings. The largest absolute Gasteiger partial charge is 0.339 e. The van der Waals surface area contributed by atoms with Gasteiger partial charge in [0.1, 0.15) is 5.69 Å². The quantitative estimate of drug-likeness (QED) is 0.832. The van der Waals surface area contributed by atoms with Gasteiger partial charge in [-0.1, -0.05) is 30.3 Å². The molecule has 1 aromatic carbocycles. The van der Waals surface area contributed by atoms with Crippen LogP contribution in [-0.4, -0.2) is 57.3 Å². The number of piperidine rings is 1. The van der Waals surface area contributed by atoms with Gasteiger partial charge in [0.05, 0.1) is 11.7 Å². The second-order valence-electron chi connectivity index (χ2n) is 7.11. The molecule has 0 N–H and O–H groups in total. The van der Waals surface area contributed by atoms with Gasteiger partial charge in [0.15, 0.2) is 0 Å². The molecule has 1 atom stereocenters. The summed E-state index contributed by atoms with van der Waals surface area (Å²) in [6.45, 7) is 1.24. The molecule has 2 aliphatic heterocycles. The summed E-state index contributed by atoms with van der Waals surface area (Å²) in [5, 5.41) is 0. The van der Waals surface area contributed by atoms with Gasteiger partial charge in [-0.3, -0.25) is 14.6 Å². The number of benzene rings is 1. The molecule has 26 heavy (non-hydrogen) atoms. The first kappa shape index (κ1) is 16.7. The summed E-state index contributed by atoms with van der Waals surface area (Å²) in [4.78, 5) is 37.0. The highest BCUT2D eigenvalue weighted by molar-refractivity contribution is 5.92. The Bertz CT molecular complexity index is 801. The van der Waals surface area contributed by atoms with Gasteiger partial charge in [-0.2, -0.15) is 0 Å². The van der Waals surface area contributed by atoms with Gasteiger partial charge < -0.3 is 9.80 Å². The second-order valence-corrected chi connectivity index (χ2v) is 7.11. The molecule has 134 valence electrons. The molecular weight excluding hydrogens is 328 g/mol. The van der Waals surface area contributed by atoms with Crippen molar-refractivity contribution in [2.75, 3.05) is 20.1 Å². The molecular formula is C20H22N4O2. The first-order valence-corrected chi connectivity index (χ1v) is 8.99. The molecule has 0 radical (unpaired) electrons. The topological polar surface area (TPSA) is 66.4 Å². The number of rotatable bonds is 2. The van der Waals surface area contributed by atoms with Crippen molar-refractivity contribution in [1.29, 1.82) is 0 Å². The summed E-state index contributed by atoms with van der Waals surface area (Å²) in [5.74, 6) is 0.277. The average molecular weight is 350 g/mol. The molecule has 4 rings (SSSR count). The number of likely N-dealkylation sites (tertiary alicyclic amines) is 2. The summed E-state index contributed by atoms with van der Waals surface area (Å²) in [6, 6.07) is 10.3. The van der Waals surface area contributed by atoms with E-state index in [1.807, 2.05) is 35.0 Å². The number of hydrogen-bond acceptors (Lipinski definition) is 4. The molecule has 0 saturated carbocycles. The minimum absolute atomic E-state index is 0.0869. The second kappa shape index (κ2) is 6.52. The summed E-state index contributed by atoms with van der Waals surface area (Å²) in [5.41, 5.74) is 1.37. The number of hydrogen-bond donors (Lipinski definition) is 0. The van der Waals surface area contributed by atoms with E-state index in [0.717, 1.165) is 12.8 Å². The van der Waals surface area contributed by atoms with Crippen LogP contribution in [0.1, 0.15) is 41.2 Å². The van der Waals surface area contributed by atoms with Crippen molar-refractivity contribution >= 4 is 11.8 Å². The Hall–Kier alpha value is -2.76. The fourth-order valence-electron chi connectivity index (χ4n) is 4.45. The highest BCUT2D eigenvalue weighted by Gasteiger charge is 2.52. The van der Waals surface area contributed by atoms with Crippen LogP contribution < -0.4 is 0 Å². The van der Waals surface area contributed by atoms with E-state index in [0.29, 0.717) is 25.2 Å². The van der Waals surface area contributed by atoms with Gasteiger partial charge in [-0.15, -0.1) is 0 Å². The molecule has 6 nitrogen and oxygen atoms in total. The Balaban J connectivity index is 1.56. The van der Waals surface area contributed by atoms with E-state index >= 15 is 0 Å². The fraction of sp³-hybridized carbons (Fsp3) is 0.400. The van der Waals surface area contributed by atoms with Crippen LogP contribution in [0.4, 0.5) is 0 Å². The molecule has 3 heterocycles. The van der Waals surface area contributed by atoms with Crippen LogP contribution in [0.25, 0.3) is 0 Å². The Morgan fingerprint density at radius 1 is 1.15 bits per heavy atom. The van der Waals surface area contributed by atoms with Crippen molar-refractivity contribution in [1.82, 2.24) is 19.8 Å². The lowest BCUT2D eigenvalue weighted by molar-refractivity contribution is -0.130. The van der Waals surface area contributed by atoms with E-state index in [2.05, 4.69) is 22.1 Å². The van der Waals surface area contributed by atoms with E-state index in [4.69, 9.17) is 0 Å². The van der Waals surface area contributed by atoms with Crippen LogP contribution in [0.15, 0.2) is 48.9 Å². The minimum atomic E-state index is -0.211. The van der Waals surface area contributed by atoms with E-state index in [9.17, 15) is 9.59 Å². The number of likely N-dealkylation sites (N-methyl/N-ethyl adjacent to an activating group) is 1. The highest BCUT2D eigenvalue weighted by atomic mass is 16.2. The number of aromatic nitrogens is 2. The van der Waals surface area contributed by atoms with Crippen LogP contribution in [0.5, 0.6) is 0 Å². The Kier molecular flexibility index (Phi) is 4.18. The molecule has 6 heteroatoms. The maximum atomic E-state index is 12.6. The van der Waals surface area contributed by atoms with Crippen molar-refractivity contribution < 1.29 is 9.59 Å². The van der Waals surface area contributed by atoms with E-state index < -0.39 is 0 Å². The molecule has 2 amide bonds. The van der Waals surface area contributed by atoms with Crippen molar-refractivity contribution in [3.63, 3.8) is 0 Å².